The van der Waals surface area contributed by atoms with E-state index in [2.05, 4.69) is 21.1 Å². The molecule has 0 bridgehead atoms. The van der Waals surface area contributed by atoms with E-state index in [4.69, 9.17) is 29.3 Å². The Morgan fingerprint density at radius 3 is 1.27 bits per heavy atom. The number of rotatable bonds is 4. The van der Waals surface area contributed by atoms with Gasteiger partial charge in [0.25, 0.3) is 20.2 Å². The second-order valence-corrected chi connectivity index (χ2v) is 10.2. The van der Waals surface area contributed by atoms with Crippen molar-refractivity contribution in [2.75, 3.05) is 37.5 Å². The molecule has 0 heterocycles. The Hall–Kier alpha value is -4.92. The predicted octanol–water partition coefficient (Wildman–Crippen LogP) is 1.20. The van der Waals surface area contributed by atoms with E-state index in [1.54, 1.807) is 12.1 Å². The molecule has 0 unspecified atom stereocenters. The van der Waals surface area contributed by atoms with Crippen LogP contribution in [0.1, 0.15) is 14.9 Å². The molecule has 0 aliphatic rings. The molecule has 4 N–H and O–H groups in total. The van der Waals surface area contributed by atoms with E-state index in [1.807, 2.05) is 48.5 Å². The lowest BCUT2D eigenvalue weighted by molar-refractivity contribution is -0.445. The van der Waals surface area contributed by atoms with E-state index < -0.39 is 40.9 Å². The van der Waals surface area contributed by atoms with Gasteiger partial charge in [0.15, 0.2) is 19.5 Å². The number of nitrogens with one attached hydrogen (secondary N) is 2. The molecule has 18 nitrogen and oxygen atoms in total. The van der Waals surface area contributed by atoms with Crippen LogP contribution in [0.2, 0.25) is 0 Å². The zero-order valence-electron chi connectivity index (χ0n) is 22.5. The second-order valence-electron chi connectivity index (χ2n) is 7.29. The predicted molar refractivity (Wildman–Crippen MR) is 167 cm³/mol. The molecule has 0 fully saturated rings. The summed E-state index contributed by atoms with van der Waals surface area (Å²) < 4.78 is 51.7. The number of anilines is 2. The van der Waals surface area contributed by atoms with Crippen LogP contribution in [0.3, 0.4) is 0 Å². The van der Waals surface area contributed by atoms with Crippen molar-refractivity contribution in [1.29, 1.82) is 0 Å². The van der Waals surface area contributed by atoms with Gasteiger partial charge >= 0.3 is 0 Å². The fourth-order valence-corrected chi connectivity index (χ4v) is 2.01. The van der Waals surface area contributed by atoms with Gasteiger partial charge < -0.3 is 0 Å². The fourth-order valence-electron chi connectivity index (χ4n) is 2.01. The van der Waals surface area contributed by atoms with Crippen molar-refractivity contribution >= 4 is 31.6 Å². The number of benzene rings is 3. The topological polar surface area (TPSA) is 278 Å². The molecule has 3 aromatic rings. The van der Waals surface area contributed by atoms with Crippen LogP contribution < -0.4 is 32.4 Å². The molecule has 0 radical (unpaired) electrons. The van der Waals surface area contributed by atoms with E-state index in [1.165, 1.54) is 12.1 Å². The molecule has 0 saturated heterocycles. The van der Waals surface area contributed by atoms with Crippen molar-refractivity contribution in [1.82, 2.24) is 0 Å². The van der Waals surface area contributed by atoms with Crippen LogP contribution in [0, 0.1) is 20.2 Å². The fraction of sp³-hybridized carbons (Fsp3) is 0.250. The standard InChI is InChI=1S/C18H14N4O2.2CH3NO2.2CH4O3S.2CH4/c23-16-12-11-15(21-19-13-7-3-1-4-8-13)18(24)17(16)22-20-14-9-5-2-6-10-14;2*1-2(3)4;2*1-5(2,3)4;;/h1-12,19-20H;2*1H3;2*1H3,(H,2,3,4);2*1H4/b21-15+,22-17?;;;;;;. The highest BCUT2D eigenvalue weighted by Crippen LogP contribution is 2.04. The lowest BCUT2D eigenvalue weighted by Crippen LogP contribution is -2.47. The number of para-hydroxylation sites is 2. The minimum absolute atomic E-state index is 0. The third-order valence-corrected chi connectivity index (χ3v) is 3.22. The first kappa shape index (κ1) is 46.0. The van der Waals surface area contributed by atoms with E-state index in [9.17, 15) is 26.4 Å². The zero-order chi connectivity index (χ0) is 32.9. The largest absolute Gasteiger partial charge is 0.287 e. The first-order valence-electron chi connectivity index (χ1n) is 10.8. The molecular formula is C24H36N6O12S2. The van der Waals surface area contributed by atoms with Crippen LogP contribution in [0.4, 0.5) is 11.4 Å². The minimum atomic E-state index is -3.67. The maximum Gasteiger partial charge on any atom is 0.261 e. The summed E-state index contributed by atoms with van der Waals surface area (Å²) in [5.74, 6) is 0. The molecule has 3 rings (SSSR count). The summed E-state index contributed by atoms with van der Waals surface area (Å²) in [6.07, 6.45) is 1.43. The van der Waals surface area contributed by atoms with Crippen molar-refractivity contribution in [2.45, 2.75) is 14.9 Å². The van der Waals surface area contributed by atoms with Gasteiger partial charge in [-0.25, -0.2) is 0 Å². The molecule has 0 amide bonds. The highest BCUT2D eigenvalue weighted by Gasteiger charge is 2.01. The lowest BCUT2D eigenvalue weighted by atomic mass is 10.3. The Bertz CT molecular complexity index is 1640. The molecule has 0 saturated carbocycles. The molecule has 44 heavy (non-hydrogen) atoms. The second kappa shape index (κ2) is 23.6. The summed E-state index contributed by atoms with van der Waals surface area (Å²) in [5.41, 5.74) is 5.92. The Morgan fingerprint density at radius 2 is 0.955 bits per heavy atom. The van der Waals surface area contributed by atoms with Crippen LogP contribution in [-0.2, 0) is 20.2 Å². The molecule has 20 heteroatoms. The van der Waals surface area contributed by atoms with Crippen molar-refractivity contribution < 1.29 is 35.8 Å². The Balaban J connectivity index is -0.000000331. The molecule has 0 aliphatic heterocycles. The maximum absolute atomic E-state index is 12.4. The van der Waals surface area contributed by atoms with Crippen molar-refractivity contribution in [3.05, 3.63) is 124 Å². The quantitative estimate of drug-likeness (QED) is 0.173. The van der Waals surface area contributed by atoms with Crippen LogP contribution in [0.5, 0.6) is 0 Å². The van der Waals surface area contributed by atoms with Crippen molar-refractivity contribution in [3.63, 3.8) is 0 Å². The number of nitrogens with zero attached hydrogens (tertiary/aromatic N) is 4. The summed E-state index contributed by atoms with van der Waals surface area (Å²) >= 11 is 0. The van der Waals surface area contributed by atoms with Gasteiger partial charge in [-0.05, 0) is 36.4 Å². The Kier molecular flexibility index (Phi) is 24.7. The maximum atomic E-state index is 12.4. The van der Waals surface area contributed by atoms with Crippen molar-refractivity contribution in [3.8, 4) is 0 Å². The zero-order valence-corrected chi connectivity index (χ0v) is 24.1. The molecule has 0 aromatic heterocycles. The average Bonchev–Trinajstić information content (AvgIpc) is 2.82. The monoisotopic (exact) mass is 664 g/mol. The molecule has 0 atom stereocenters. The first-order chi connectivity index (χ1) is 19.2. The molecule has 246 valence electrons. The third-order valence-electron chi connectivity index (χ3n) is 3.22. The van der Waals surface area contributed by atoms with E-state index >= 15 is 0 Å². The van der Waals surface area contributed by atoms with E-state index in [-0.39, 0.29) is 25.6 Å². The summed E-state index contributed by atoms with van der Waals surface area (Å²) in [5, 5.41) is 25.5. The van der Waals surface area contributed by atoms with E-state index in [0.717, 1.165) is 19.8 Å². The summed E-state index contributed by atoms with van der Waals surface area (Å²) in [6, 6.07) is 20.9. The van der Waals surface area contributed by atoms with Gasteiger partial charge in [-0.2, -0.15) is 27.0 Å². The van der Waals surface area contributed by atoms with Gasteiger partial charge in [-0.15, -0.1) is 0 Å². The minimum Gasteiger partial charge on any atom is -0.287 e. The Labute approximate surface area is 253 Å². The van der Waals surface area contributed by atoms with Gasteiger partial charge in [-0.1, -0.05) is 51.3 Å². The molecule has 0 spiro atoms. The number of hydrogen-bond donors (Lipinski definition) is 4. The lowest BCUT2D eigenvalue weighted by Gasteiger charge is -1.98. The van der Waals surface area contributed by atoms with Crippen LogP contribution in [0.15, 0.2) is 92.6 Å². The molecular weight excluding hydrogens is 628 g/mol. The van der Waals surface area contributed by atoms with Crippen LogP contribution in [-0.4, -0.2) is 62.4 Å². The SMILES string of the molecule is C.C.CS(=O)(=O)O.CS(=O)(=O)O.C[N+](=O)[O-].C[N+](=O)[O-].O=c1cc/c(=N\Nc2ccccc2)c(=O)c1=NNc1ccccc1. The highest BCUT2D eigenvalue weighted by molar-refractivity contribution is 7.85. The molecule has 0 aliphatic carbocycles. The van der Waals surface area contributed by atoms with Gasteiger partial charge in [0, 0.05) is 9.85 Å². The third kappa shape index (κ3) is 33.3. The van der Waals surface area contributed by atoms with Crippen LogP contribution >= 0.6 is 0 Å². The van der Waals surface area contributed by atoms with Gasteiger partial charge in [0.05, 0.1) is 23.9 Å². The number of hydrogen-bond acceptors (Lipinski definition) is 14. The van der Waals surface area contributed by atoms with Gasteiger partial charge in [-0.3, -0.25) is 49.8 Å². The molecule has 3 aromatic carbocycles. The highest BCUT2D eigenvalue weighted by atomic mass is 32.2. The summed E-state index contributed by atoms with van der Waals surface area (Å²) in [7, 11) is -5.56. The summed E-state index contributed by atoms with van der Waals surface area (Å²) in [6.45, 7) is 0. The van der Waals surface area contributed by atoms with E-state index in [0.29, 0.717) is 18.2 Å². The first-order valence-corrected chi connectivity index (χ1v) is 14.5. The van der Waals surface area contributed by atoms with Gasteiger partial charge in [0.1, 0.15) is 5.36 Å². The van der Waals surface area contributed by atoms with Gasteiger partial charge in [0.2, 0.25) is 10.9 Å². The van der Waals surface area contributed by atoms with Crippen LogP contribution in [0.25, 0.3) is 0 Å². The average molecular weight is 665 g/mol. The van der Waals surface area contributed by atoms with Crippen molar-refractivity contribution in [2.24, 2.45) is 10.2 Å². The number of nitro groups is 2. The Morgan fingerprint density at radius 1 is 0.659 bits per heavy atom. The normalized spacial score (nSPS) is 10.4. The summed E-state index contributed by atoms with van der Waals surface area (Å²) in [4.78, 5) is 40.9. The smallest absolute Gasteiger partial charge is 0.261 e.